The predicted octanol–water partition coefficient (Wildman–Crippen LogP) is 2.89. The molecule has 0 amide bonds. The summed E-state index contributed by atoms with van der Waals surface area (Å²) in [5, 5.41) is 6.85. The summed E-state index contributed by atoms with van der Waals surface area (Å²) in [4.78, 5) is 4.75. The van der Waals surface area contributed by atoms with E-state index in [4.69, 9.17) is 14.5 Å². The van der Waals surface area contributed by atoms with Gasteiger partial charge in [-0.1, -0.05) is 30.3 Å². The second kappa shape index (κ2) is 8.68. The van der Waals surface area contributed by atoms with E-state index in [0.717, 1.165) is 51.5 Å². The number of aliphatic imine (C=N–C) groups is 1. The van der Waals surface area contributed by atoms with Crippen LogP contribution in [0.2, 0.25) is 0 Å². The van der Waals surface area contributed by atoms with Gasteiger partial charge in [0, 0.05) is 32.2 Å². The van der Waals surface area contributed by atoms with Crippen LogP contribution < -0.4 is 10.6 Å². The van der Waals surface area contributed by atoms with Gasteiger partial charge in [0.05, 0.1) is 18.2 Å². The van der Waals surface area contributed by atoms with Crippen molar-refractivity contribution in [3.8, 4) is 0 Å². The predicted molar refractivity (Wildman–Crippen MR) is 101 cm³/mol. The molecule has 0 saturated carbocycles. The first-order valence-electron chi connectivity index (χ1n) is 9.53. The monoisotopic (exact) mass is 345 g/mol. The van der Waals surface area contributed by atoms with Gasteiger partial charge >= 0.3 is 0 Å². The molecule has 25 heavy (non-hydrogen) atoms. The van der Waals surface area contributed by atoms with Crippen LogP contribution >= 0.6 is 0 Å². The number of benzene rings is 1. The third kappa shape index (κ3) is 4.95. The fraction of sp³-hybridized carbons (Fsp3) is 0.650. The van der Waals surface area contributed by atoms with Gasteiger partial charge in [-0.3, -0.25) is 4.99 Å². The summed E-state index contributed by atoms with van der Waals surface area (Å²) in [6, 6.07) is 10.5. The zero-order valence-corrected chi connectivity index (χ0v) is 15.5. The second-order valence-corrected chi connectivity index (χ2v) is 7.23. The summed E-state index contributed by atoms with van der Waals surface area (Å²) in [6.45, 7) is 8.35. The van der Waals surface area contributed by atoms with Gasteiger partial charge < -0.3 is 20.1 Å². The highest BCUT2D eigenvalue weighted by Gasteiger charge is 2.31. The highest BCUT2D eigenvalue weighted by molar-refractivity contribution is 5.79. The summed E-state index contributed by atoms with van der Waals surface area (Å²) >= 11 is 0. The summed E-state index contributed by atoms with van der Waals surface area (Å²) in [7, 11) is 0. The van der Waals surface area contributed by atoms with E-state index in [1.807, 2.05) is 6.07 Å². The minimum absolute atomic E-state index is 0.106. The van der Waals surface area contributed by atoms with E-state index in [0.29, 0.717) is 12.5 Å². The number of nitrogens with zero attached hydrogens (tertiary/aromatic N) is 1. The number of hydrogen-bond donors (Lipinski definition) is 2. The number of rotatable bonds is 6. The van der Waals surface area contributed by atoms with Crippen molar-refractivity contribution in [1.29, 1.82) is 0 Å². The first-order chi connectivity index (χ1) is 12.2. The summed E-state index contributed by atoms with van der Waals surface area (Å²) in [5.74, 6) is 1.34. The number of hydrogen-bond acceptors (Lipinski definition) is 3. The van der Waals surface area contributed by atoms with Crippen molar-refractivity contribution in [2.24, 2.45) is 10.9 Å². The van der Waals surface area contributed by atoms with E-state index in [2.05, 4.69) is 48.7 Å². The molecule has 0 bridgehead atoms. The normalized spacial score (nSPS) is 29.8. The maximum absolute atomic E-state index is 5.98. The zero-order valence-electron chi connectivity index (χ0n) is 15.5. The standard InChI is InChI=1S/C20H31N3O2/c1-3-21-19(23-15-20(2)11-7-12-25-20)22-14-17-10-13-24-18(17)16-8-5-4-6-9-16/h4-6,8-9,17-18H,3,7,10-15H2,1-2H3,(H2,21,22,23). The Bertz CT molecular complexity index is 555. The molecule has 2 aliphatic rings. The van der Waals surface area contributed by atoms with Gasteiger partial charge in [0.25, 0.3) is 0 Å². The van der Waals surface area contributed by atoms with E-state index in [9.17, 15) is 0 Å². The van der Waals surface area contributed by atoms with E-state index < -0.39 is 0 Å². The first-order valence-corrected chi connectivity index (χ1v) is 9.53. The van der Waals surface area contributed by atoms with Crippen molar-refractivity contribution in [3.63, 3.8) is 0 Å². The van der Waals surface area contributed by atoms with Crippen molar-refractivity contribution in [2.45, 2.75) is 44.8 Å². The van der Waals surface area contributed by atoms with Gasteiger partial charge in [-0.25, -0.2) is 0 Å². The Morgan fingerprint density at radius 2 is 2.08 bits per heavy atom. The summed E-state index contributed by atoms with van der Waals surface area (Å²) in [6.07, 6.45) is 3.47. The molecule has 1 aromatic rings. The molecule has 3 unspecified atom stereocenters. The zero-order chi connectivity index (χ0) is 17.5. The average Bonchev–Trinajstić information content (AvgIpc) is 3.28. The fourth-order valence-corrected chi connectivity index (χ4v) is 3.63. The lowest BCUT2D eigenvalue weighted by molar-refractivity contribution is 0.0283. The van der Waals surface area contributed by atoms with Gasteiger partial charge in [-0.05, 0) is 38.7 Å². The Morgan fingerprint density at radius 3 is 2.80 bits per heavy atom. The smallest absolute Gasteiger partial charge is 0.191 e. The largest absolute Gasteiger partial charge is 0.373 e. The van der Waals surface area contributed by atoms with Crippen LogP contribution in [0.4, 0.5) is 0 Å². The topological polar surface area (TPSA) is 54.9 Å². The van der Waals surface area contributed by atoms with E-state index >= 15 is 0 Å². The third-order valence-corrected chi connectivity index (χ3v) is 5.09. The molecule has 2 saturated heterocycles. The molecule has 0 aromatic heterocycles. The number of guanidine groups is 1. The van der Waals surface area contributed by atoms with Crippen LogP contribution in [0.1, 0.15) is 44.8 Å². The van der Waals surface area contributed by atoms with Gasteiger partial charge in [0.1, 0.15) is 0 Å². The molecule has 3 rings (SSSR count). The molecule has 2 fully saturated rings. The Kier molecular flexibility index (Phi) is 6.32. The lowest BCUT2D eigenvalue weighted by Gasteiger charge is -2.23. The Morgan fingerprint density at radius 1 is 1.24 bits per heavy atom. The lowest BCUT2D eigenvalue weighted by atomic mass is 9.95. The molecular weight excluding hydrogens is 314 g/mol. The third-order valence-electron chi connectivity index (χ3n) is 5.09. The quantitative estimate of drug-likeness (QED) is 0.615. The molecule has 2 heterocycles. The lowest BCUT2D eigenvalue weighted by Crippen LogP contribution is -2.41. The van der Waals surface area contributed by atoms with E-state index in [-0.39, 0.29) is 11.7 Å². The van der Waals surface area contributed by atoms with Crippen molar-refractivity contribution in [1.82, 2.24) is 10.6 Å². The van der Waals surface area contributed by atoms with Crippen molar-refractivity contribution in [3.05, 3.63) is 35.9 Å². The van der Waals surface area contributed by atoms with Gasteiger partial charge in [-0.2, -0.15) is 0 Å². The molecule has 5 nitrogen and oxygen atoms in total. The molecule has 138 valence electrons. The maximum atomic E-state index is 5.98. The fourth-order valence-electron chi connectivity index (χ4n) is 3.63. The molecule has 2 aliphatic heterocycles. The van der Waals surface area contributed by atoms with Gasteiger partial charge in [-0.15, -0.1) is 0 Å². The van der Waals surface area contributed by atoms with E-state index in [1.54, 1.807) is 0 Å². The van der Waals surface area contributed by atoms with Crippen LogP contribution in [0.5, 0.6) is 0 Å². The highest BCUT2D eigenvalue weighted by Crippen LogP contribution is 2.33. The minimum Gasteiger partial charge on any atom is -0.373 e. The van der Waals surface area contributed by atoms with Crippen molar-refractivity contribution >= 4 is 5.96 Å². The van der Waals surface area contributed by atoms with Crippen LogP contribution in [0.3, 0.4) is 0 Å². The highest BCUT2D eigenvalue weighted by atomic mass is 16.5. The van der Waals surface area contributed by atoms with Crippen LogP contribution in [0.15, 0.2) is 35.3 Å². The summed E-state index contributed by atoms with van der Waals surface area (Å²) in [5.41, 5.74) is 1.16. The van der Waals surface area contributed by atoms with Crippen molar-refractivity contribution < 1.29 is 9.47 Å². The van der Waals surface area contributed by atoms with Gasteiger partial charge in [0.15, 0.2) is 5.96 Å². The maximum Gasteiger partial charge on any atom is 0.191 e. The number of nitrogens with one attached hydrogen (secondary N) is 2. The molecular formula is C20H31N3O2. The molecule has 0 radical (unpaired) electrons. The second-order valence-electron chi connectivity index (χ2n) is 7.23. The number of ether oxygens (including phenoxy) is 2. The Hall–Kier alpha value is -1.59. The molecule has 2 N–H and O–H groups in total. The molecule has 0 spiro atoms. The average molecular weight is 345 g/mol. The summed E-state index contributed by atoms with van der Waals surface area (Å²) < 4.78 is 11.8. The van der Waals surface area contributed by atoms with Crippen LogP contribution in [-0.4, -0.2) is 44.4 Å². The molecule has 1 aromatic carbocycles. The molecule has 5 heteroatoms. The first kappa shape index (κ1) is 18.2. The van der Waals surface area contributed by atoms with Crippen LogP contribution in [0, 0.1) is 5.92 Å². The molecule has 3 atom stereocenters. The Balaban J connectivity index is 1.57. The SMILES string of the molecule is CCNC(=NCC1(C)CCCO1)NCC1CCOC1c1ccccc1. The molecule has 0 aliphatic carbocycles. The van der Waals surface area contributed by atoms with Crippen LogP contribution in [0.25, 0.3) is 0 Å². The Labute approximate surface area is 151 Å². The minimum atomic E-state index is -0.106. The van der Waals surface area contributed by atoms with Gasteiger partial charge in [0.2, 0.25) is 0 Å². The van der Waals surface area contributed by atoms with Crippen LogP contribution in [-0.2, 0) is 9.47 Å². The van der Waals surface area contributed by atoms with Crippen molar-refractivity contribution in [2.75, 3.05) is 32.8 Å². The van der Waals surface area contributed by atoms with E-state index in [1.165, 1.54) is 5.56 Å².